The van der Waals surface area contributed by atoms with Gasteiger partial charge in [-0.2, -0.15) is 5.10 Å². The fourth-order valence-electron chi connectivity index (χ4n) is 4.78. The minimum Gasteiger partial charge on any atom is -0.371 e. The lowest BCUT2D eigenvalue weighted by molar-refractivity contribution is -0.384. The van der Waals surface area contributed by atoms with E-state index in [0.717, 1.165) is 18.7 Å². The molecule has 2 aliphatic rings. The predicted octanol–water partition coefficient (Wildman–Crippen LogP) is 4.91. The van der Waals surface area contributed by atoms with E-state index in [-0.39, 0.29) is 5.69 Å². The van der Waals surface area contributed by atoms with E-state index in [9.17, 15) is 14.9 Å². The van der Waals surface area contributed by atoms with Gasteiger partial charge in [0.25, 0.3) is 11.6 Å². The Hall–Kier alpha value is -3.22. The molecule has 0 unspecified atom stereocenters. The van der Waals surface area contributed by atoms with Gasteiger partial charge >= 0.3 is 0 Å². The Balaban J connectivity index is 1.29. The summed E-state index contributed by atoms with van der Waals surface area (Å²) >= 11 is 0. The van der Waals surface area contributed by atoms with Crippen LogP contribution < -0.4 is 10.3 Å². The molecule has 1 saturated heterocycles. The molecule has 1 aliphatic carbocycles. The molecule has 4 rings (SSSR count). The largest absolute Gasteiger partial charge is 0.371 e. The lowest BCUT2D eigenvalue weighted by Crippen LogP contribution is -2.41. The van der Waals surface area contributed by atoms with E-state index in [1.807, 2.05) is 12.1 Å². The first kappa shape index (κ1) is 21.0. The number of anilines is 1. The van der Waals surface area contributed by atoms with Crippen molar-refractivity contribution < 1.29 is 9.72 Å². The van der Waals surface area contributed by atoms with Gasteiger partial charge in [0.1, 0.15) is 0 Å². The molecule has 162 valence electrons. The van der Waals surface area contributed by atoms with Crippen molar-refractivity contribution in [2.45, 2.75) is 44.9 Å². The van der Waals surface area contributed by atoms with Gasteiger partial charge in [0.15, 0.2) is 0 Å². The number of carbonyl (C=O) groups is 1. The molecule has 1 heterocycles. The van der Waals surface area contributed by atoms with Crippen molar-refractivity contribution in [3.05, 3.63) is 69.8 Å². The number of amides is 1. The molecule has 2 fully saturated rings. The molecule has 1 amide bonds. The maximum Gasteiger partial charge on any atom is 0.271 e. The standard InChI is InChI=1S/C24H28N4O3/c29-23(20-6-10-22(11-7-20)28(30)31)26-25-18-19-4-8-21(9-5-19)27-16-14-24(15-17-27)12-2-1-3-13-24/h4-11,18H,1-3,12-17H2,(H,26,29)/b25-18+. The summed E-state index contributed by atoms with van der Waals surface area (Å²) < 4.78 is 0. The summed E-state index contributed by atoms with van der Waals surface area (Å²) in [7, 11) is 0. The highest BCUT2D eigenvalue weighted by Crippen LogP contribution is 2.45. The highest BCUT2D eigenvalue weighted by atomic mass is 16.6. The molecule has 0 aromatic heterocycles. The number of rotatable bonds is 5. The zero-order valence-electron chi connectivity index (χ0n) is 17.6. The fraction of sp³-hybridized carbons (Fsp3) is 0.417. The van der Waals surface area contributed by atoms with Crippen molar-refractivity contribution >= 4 is 23.5 Å². The van der Waals surface area contributed by atoms with Crippen LogP contribution in [0.4, 0.5) is 11.4 Å². The lowest BCUT2D eigenvalue weighted by Gasteiger charge is -2.45. The van der Waals surface area contributed by atoms with E-state index in [2.05, 4.69) is 27.6 Å². The monoisotopic (exact) mass is 420 g/mol. The average molecular weight is 421 g/mol. The summed E-state index contributed by atoms with van der Waals surface area (Å²) in [6.45, 7) is 2.25. The van der Waals surface area contributed by atoms with Gasteiger partial charge in [-0.1, -0.05) is 31.4 Å². The minimum atomic E-state index is -0.499. The van der Waals surface area contributed by atoms with Gasteiger partial charge in [0.05, 0.1) is 11.1 Å². The Morgan fingerprint density at radius 2 is 1.61 bits per heavy atom. The Morgan fingerprint density at radius 1 is 0.968 bits per heavy atom. The van der Waals surface area contributed by atoms with Crippen LogP contribution in [0.3, 0.4) is 0 Å². The number of nitrogens with zero attached hydrogens (tertiary/aromatic N) is 3. The predicted molar refractivity (Wildman–Crippen MR) is 122 cm³/mol. The zero-order chi connectivity index (χ0) is 21.7. The summed E-state index contributed by atoms with van der Waals surface area (Å²) in [5.41, 5.74) is 5.45. The topological polar surface area (TPSA) is 87.8 Å². The quantitative estimate of drug-likeness (QED) is 0.423. The highest BCUT2D eigenvalue weighted by molar-refractivity contribution is 5.95. The van der Waals surface area contributed by atoms with Crippen LogP contribution in [0.5, 0.6) is 0 Å². The van der Waals surface area contributed by atoms with Crippen LogP contribution in [0, 0.1) is 15.5 Å². The van der Waals surface area contributed by atoms with Crippen molar-refractivity contribution in [1.29, 1.82) is 0 Å². The number of piperidine rings is 1. The molecule has 1 spiro atoms. The van der Waals surface area contributed by atoms with Crippen LogP contribution in [0.15, 0.2) is 53.6 Å². The number of carbonyl (C=O) groups excluding carboxylic acids is 1. The second-order valence-electron chi connectivity index (χ2n) is 8.64. The van der Waals surface area contributed by atoms with Gasteiger partial charge in [0.2, 0.25) is 0 Å². The molecule has 2 aromatic rings. The Morgan fingerprint density at radius 3 is 2.23 bits per heavy atom. The molecule has 0 bridgehead atoms. The second-order valence-corrected chi connectivity index (χ2v) is 8.64. The number of nitro groups is 1. The first-order chi connectivity index (χ1) is 15.0. The molecule has 1 N–H and O–H groups in total. The third-order valence-electron chi connectivity index (χ3n) is 6.72. The maximum atomic E-state index is 12.1. The van der Waals surface area contributed by atoms with Crippen LogP contribution in [-0.4, -0.2) is 30.1 Å². The van der Waals surface area contributed by atoms with Crippen LogP contribution in [0.25, 0.3) is 0 Å². The van der Waals surface area contributed by atoms with Crippen molar-refractivity contribution in [2.24, 2.45) is 10.5 Å². The fourth-order valence-corrected chi connectivity index (χ4v) is 4.78. The number of benzene rings is 2. The van der Waals surface area contributed by atoms with Crippen LogP contribution in [-0.2, 0) is 0 Å². The SMILES string of the molecule is O=C(N/N=C/c1ccc(N2CCC3(CCCCC3)CC2)cc1)c1ccc([N+](=O)[O-])cc1. The van der Waals surface area contributed by atoms with Crippen molar-refractivity contribution in [3.8, 4) is 0 Å². The van der Waals surface area contributed by atoms with Gasteiger partial charge in [-0.25, -0.2) is 5.43 Å². The molecule has 1 saturated carbocycles. The maximum absolute atomic E-state index is 12.1. The van der Waals surface area contributed by atoms with Crippen molar-refractivity contribution in [1.82, 2.24) is 5.43 Å². The average Bonchev–Trinajstić information content (AvgIpc) is 2.81. The molecule has 31 heavy (non-hydrogen) atoms. The summed E-state index contributed by atoms with van der Waals surface area (Å²) in [5.74, 6) is -0.410. The van der Waals surface area contributed by atoms with E-state index < -0.39 is 10.8 Å². The first-order valence-corrected chi connectivity index (χ1v) is 11.0. The first-order valence-electron chi connectivity index (χ1n) is 11.0. The smallest absolute Gasteiger partial charge is 0.271 e. The number of hydrogen-bond donors (Lipinski definition) is 1. The molecule has 1 aliphatic heterocycles. The molecular formula is C24H28N4O3. The molecule has 0 atom stereocenters. The van der Waals surface area contributed by atoms with Crippen LogP contribution >= 0.6 is 0 Å². The van der Waals surface area contributed by atoms with Gasteiger partial charge in [-0.3, -0.25) is 14.9 Å². The van der Waals surface area contributed by atoms with Gasteiger partial charge < -0.3 is 4.90 Å². The third-order valence-corrected chi connectivity index (χ3v) is 6.72. The lowest BCUT2D eigenvalue weighted by atomic mass is 9.68. The van der Waals surface area contributed by atoms with Crippen molar-refractivity contribution in [2.75, 3.05) is 18.0 Å². The molecular weight excluding hydrogens is 392 g/mol. The van der Waals surface area contributed by atoms with Crippen LogP contribution in [0.1, 0.15) is 60.9 Å². The zero-order valence-corrected chi connectivity index (χ0v) is 17.6. The summed E-state index contributed by atoms with van der Waals surface area (Å²) in [4.78, 5) is 24.8. The Bertz CT molecular complexity index is 938. The van der Waals surface area contributed by atoms with Crippen molar-refractivity contribution in [3.63, 3.8) is 0 Å². The molecule has 7 nitrogen and oxygen atoms in total. The summed E-state index contributed by atoms with van der Waals surface area (Å²) in [6.07, 6.45) is 11.2. The van der Waals surface area contributed by atoms with E-state index in [1.165, 1.54) is 74.9 Å². The van der Waals surface area contributed by atoms with E-state index >= 15 is 0 Å². The number of hydrogen-bond acceptors (Lipinski definition) is 5. The van der Waals surface area contributed by atoms with Crippen LogP contribution in [0.2, 0.25) is 0 Å². The summed E-state index contributed by atoms with van der Waals surface area (Å²) in [5, 5.41) is 14.7. The van der Waals surface area contributed by atoms with Gasteiger partial charge in [0, 0.05) is 36.5 Å². The number of nitro benzene ring substituents is 1. The number of nitrogens with one attached hydrogen (secondary N) is 1. The Labute approximate surface area is 182 Å². The van der Waals surface area contributed by atoms with E-state index in [4.69, 9.17) is 0 Å². The third kappa shape index (κ3) is 5.10. The minimum absolute atomic E-state index is 0.0530. The molecule has 7 heteroatoms. The normalized spacial score (nSPS) is 18.3. The Kier molecular flexibility index (Phi) is 6.30. The number of non-ortho nitro benzene ring substituents is 1. The molecule has 2 aromatic carbocycles. The van der Waals surface area contributed by atoms with Gasteiger partial charge in [-0.15, -0.1) is 0 Å². The highest BCUT2D eigenvalue weighted by Gasteiger charge is 2.35. The van der Waals surface area contributed by atoms with Gasteiger partial charge in [-0.05, 0) is 60.9 Å². The number of hydrazone groups is 1. The van der Waals surface area contributed by atoms with E-state index in [1.54, 1.807) is 6.21 Å². The summed E-state index contributed by atoms with van der Waals surface area (Å²) in [6, 6.07) is 13.6. The van der Waals surface area contributed by atoms with E-state index in [0.29, 0.717) is 11.0 Å². The molecule has 0 radical (unpaired) electrons. The second kappa shape index (κ2) is 9.29.